The van der Waals surface area contributed by atoms with Gasteiger partial charge in [0.1, 0.15) is 0 Å². The molecule has 1 N–H and O–H groups in total. The maximum Gasteiger partial charge on any atom is 0.224 e. The molecule has 2 aromatic carbocycles. The molecule has 0 atom stereocenters. The molecule has 0 aliphatic heterocycles. The van der Waals surface area contributed by atoms with E-state index < -0.39 is 0 Å². The van der Waals surface area contributed by atoms with E-state index in [1.807, 2.05) is 43.3 Å². The van der Waals surface area contributed by atoms with E-state index >= 15 is 0 Å². The van der Waals surface area contributed by atoms with Crippen LogP contribution in [0.25, 0.3) is 11.1 Å². The largest absolute Gasteiger partial charge is 0.326 e. The zero-order valence-electron chi connectivity index (χ0n) is 11.4. The van der Waals surface area contributed by atoms with Crippen molar-refractivity contribution in [1.29, 1.82) is 0 Å². The average Bonchev–Trinajstić information content (AvgIpc) is 2.42. The zero-order chi connectivity index (χ0) is 13.7. The fraction of sp³-hybridized carbons (Fsp3) is 0.235. The summed E-state index contributed by atoms with van der Waals surface area (Å²) in [6.07, 6.45) is 1.43. The standard InChI is InChI=1S/C17H19NO/c1-3-7-17(19)18-15-11-10-13(2)16(12-15)14-8-5-4-6-9-14/h4-6,8-12H,3,7H2,1-2H3,(H,18,19). The maximum absolute atomic E-state index is 11.6. The SMILES string of the molecule is CCCC(=O)Nc1ccc(C)c(-c2ccccc2)c1. The Labute approximate surface area is 114 Å². The van der Waals surface area contributed by atoms with Crippen LogP contribution in [0.15, 0.2) is 48.5 Å². The Morgan fingerprint density at radius 1 is 1.11 bits per heavy atom. The van der Waals surface area contributed by atoms with Crippen LogP contribution in [0.1, 0.15) is 25.3 Å². The Bertz CT molecular complexity index is 561. The number of rotatable bonds is 4. The molecule has 0 fully saturated rings. The second-order valence-corrected chi connectivity index (χ2v) is 4.69. The highest BCUT2D eigenvalue weighted by Crippen LogP contribution is 2.26. The number of anilines is 1. The van der Waals surface area contributed by atoms with Gasteiger partial charge in [0, 0.05) is 12.1 Å². The third-order valence-corrected chi connectivity index (χ3v) is 3.08. The minimum atomic E-state index is 0.0744. The number of carbonyl (C=O) groups excluding carboxylic acids is 1. The zero-order valence-corrected chi connectivity index (χ0v) is 11.4. The second-order valence-electron chi connectivity index (χ2n) is 4.69. The first-order valence-electron chi connectivity index (χ1n) is 6.66. The van der Waals surface area contributed by atoms with Crippen molar-refractivity contribution in [2.45, 2.75) is 26.7 Å². The van der Waals surface area contributed by atoms with E-state index in [2.05, 4.69) is 24.4 Å². The van der Waals surface area contributed by atoms with Gasteiger partial charge in [-0.15, -0.1) is 0 Å². The van der Waals surface area contributed by atoms with Crippen LogP contribution >= 0.6 is 0 Å². The monoisotopic (exact) mass is 253 g/mol. The van der Waals surface area contributed by atoms with Crippen LogP contribution < -0.4 is 5.32 Å². The van der Waals surface area contributed by atoms with E-state index in [1.165, 1.54) is 11.1 Å². The quantitative estimate of drug-likeness (QED) is 0.859. The van der Waals surface area contributed by atoms with E-state index in [-0.39, 0.29) is 5.91 Å². The van der Waals surface area contributed by atoms with Crippen molar-refractivity contribution in [1.82, 2.24) is 0 Å². The molecular weight excluding hydrogens is 234 g/mol. The molecule has 19 heavy (non-hydrogen) atoms. The Balaban J connectivity index is 2.28. The molecule has 0 aromatic heterocycles. The van der Waals surface area contributed by atoms with Gasteiger partial charge in [-0.25, -0.2) is 0 Å². The average molecular weight is 253 g/mol. The topological polar surface area (TPSA) is 29.1 Å². The minimum absolute atomic E-state index is 0.0744. The van der Waals surface area contributed by atoms with Crippen LogP contribution in [-0.2, 0) is 4.79 Å². The van der Waals surface area contributed by atoms with Crippen molar-refractivity contribution in [3.8, 4) is 11.1 Å². The van der Waals surface area contributed by atoms with Gasteiger partial charge < -0.3 is 5.32 Å². The summed E-state index contributed by atoms with van der Waals surface area (Å²) >= 11 is 0. The van der Waals surface area contributed by atoms with Gasteiger partial charge in [-0.3, -0.25) is 4.79 Å². The van der Waals surface area contributed by atoms with E-state index in [9.17, 15) is 4.79 Å². The molecule has 2 heteroatoms. The van der Waals surface area contributed by atoms with E-state index in [0.29, 0.717) is 6.42 Å². The smallest absolute Gasteiger partial charge is 0.224 e. The second kappa shape index (κ2) is 6.19. The lowest BCUT2D eigenvalue weighted by molar-refractivity contribution is -0.116. The molecule has 98 valence electrons. The van der Waals surface area contributed by atoms with E-state index in [4.69, 9.17) is 0 Å². The number of aryl methyl sites for hydroxylation is 1. The summed E-state index contributed by atoms with van der Waals surface area (Å²) in [5.74, 6) is 0.0744. The van der Waals surface area contributed by atoms with Crippen LogP contribution in [0.2, 0.25) is 0 Å². The summed E-state index contributed by atoms with van der Waals surface area (Å²) in [7, 11) is 0. The van der Waals surface area contributed by atoms with Crippen molar-refractivity contribution >= 4 is 11.6 Å². The molecule has 0 bridgehead atoms. The van der Waals surface area contributed by atoms with Gasteiger partial charge in [0.15, 0.2) is 0 Å². The van der Waals surface area contributed by atoms with Gasteiger partial charge in [-0.2, -0.15) is 0 Å². The molecule has 0 heterocycles. The number of carbonyl (C=O) groups is 1. The molecule has 0 radical (unpaired) electrons. The summed E-state index contributed by atoms with van der Waals surface area (Å²) < 4.78 is 0. The lowest BCUT2D eigenvalue weighted by Crippen LogP contribution is -2.10. The van der Waals surface area contributed by atoms with Crippen molar-refractivity contribution in [3.63, 3.8) is 0 Å². The fourth-order valence-corrected chi connectivity index (χ4v) is 2.08. The van der Waals surface area contributed by atoms with Gasteiger partial charge in [0.2, 0.25) is 5.91 Å². The molecule has 2 nitrogen and oxygen atoms in total. The highest BCUT2D eigenvalue weighted by Gasteiger charge is 2.05. The van der Waals surface area contributed by atoms with E-state index in [1.54, 1.807) is 0 Å². The number of benzene rings is 2. The normalized spacial score (nSPS) is 10.2. The van der Waals surface area contributed by atoms with E-state index in [0.717, 1.165) is 17.7 Å². The van der Waals surface area contributed by atoms with Crippen LogP contribution in [0, 0.1) is 6.92 Å². The van der Waals surface area contributed by atoms with Crippen molar-refractivity contribution in [2.24, 2.45) is 0 Å². The molecule has 0 aliphatic carbocycles. The highest BCUT2D eigenvalue weighted by atomic mass is 16.1. The summed E-state index contributed by atoms with van der Waals surface area (Å²) in [4.78, 5) is 11.6. The first kappa shape index (κ1) is 13.3. The first-order chi connectivity index (χ1) is 9.20. The molecule has 0 spiro atoms. The third kappa shape index (κ3) is 3.44. The Hall–Kier alpha value is -2.09. The molecule has 2 aromatic rings. The van der Waals surface area contributed by atoms with Crippen LogP contribution in [0.5, 0.6) is 0 Å². The van der Waals surface area contributed by atoms with Gasteiger partial charge in [-0.05, 0) is 42.2 Å². The lowest BCUT2D eigenvalue weighted by atomic mass is 10.00. The molecular formula is C17H19NO. The summed E-state index contributed by atoms with van der Waals surface area (Å²) in [5, 5.41) is 2.94. The predicted octanol–water partition coefficient (Wildman–Crippen LogP) is 4.40. The number of amides is 1. The lowest BCUT2D eigenvalue weighted by Gasteiger charge is -2.10. The fourth-order valence-electron chi connectivity index (χ4n) is 2.08. The number of nitrogens with one attached hydrogen (secondary N) is 1. The van der Waals surface area contributed by atoms with Crippen molar-refractivity contribution < 1.29 is 4.79 Å². The highest BCUT2D eigenvalue weighted by molar-refractivity contribution is 5.91. The molecule has 2 rings (SSSR count). The predicted molar refractivity (Wildman–Crippen MR) is 80.2 cm³/mol. The maximum atomic E-state index is 11.6. The molecule has 1 amide bonds. The van der Waals surface area contributed by atoms with Gasteiger partial charge in [-0.1, -0.05) is 43.3 Å². The molecule has 0 saturated carbocycles. The minimum Gasteiger partial charge on any atom is -0.326 e. The van der Waals surface area contributed by atoms with Crippen LogP contribution in [-0.4, -0.2) is 5.91 Å². The number of hydrogen-bond acceptors (Lipinski definition) is 1. The summed E-state index contributed by atoms with van der Waals surface area (Å²) in [6, 6.07) is 16.3. The van der Waals surface area contributed by atoms with Gasteiger partial charge in [0.05, 0.1) is 0 Å². The molecule has 0 saturated heterocycles. The Kier molecular flexibility index (Phi) is 4.35. The van der Waals surface area contributed by atoms with Gasteiger partial charge >= 0.3 is 0 Å². The van der Waals surface area contributed by atoms with Crippen molar-refractivity contribution in [2.75, 3.05) is 5.32 Å². The Morgan fingerprint density at radius 2 is 1.84 bits per heavy atom. The summed E-state index contributed by atoms with van der Waals surface area (Å²) in [6.45, 7) is 4.09. The third-order valence-electron chi connectivity index (χ3n) is 3.08. The molecule has 0 unspecified atom stereocenters. The Morgan fingerprint density at radius 3 is 2.53 bits per heavy atom. The molecule has 0 aliphatic rings. The first-order valence-corrected chi connectivity index (χ1v) is 6.66. The van der Waals surface area contributed by atoms with Gasteiger partial charge in [0.25, 0.3) is 0 Å². The number of hydrogen-bond donors (Lipinski definition) is 1. The van der Waals surface area contributed by atoms with Crippen LogP contribution in [0.4, 0.5) is 5.69 Å². The van der Waals surface area contributed by atoms with Crippen molar-refractivity contribution in [3.05, 3.63) is 54.1 Å². The summed E-state index contributed by atoms with van der Waals surface area (Å²) in [5.41, 5.74) is 4.41. The van der Waals surface area contributed by atoms with Crippen LogP contribution in [0.3, 0.4) is 0 Å².